The van der Waals surface area contributed by atoms with Crippen LogP contribution in [-0.2, 0) is 0 Å². The second-order valence-electron chi connectivity index (χ2n) is 1.89. The summed E-state index contributed by atoms with van der Waals surface area (Å²) in [7, 11) is 0. The lowest BCUT2D eigenvalue weighted by molar-refractivity contribution is -0.387. The Balaban J connectivity index is 3.54. The first-order chi connectivity index (χ1) is 5.54. The van der Waals surface area contributed by atoms with Gasteiger partial charge in [0.2, 0.25) is 0 Å². The van der Waals surface area contributed by atoms with Crippen molar-refractivity contribution in [3.05, 3.63) is 37.0 Å². The molecule has 0 saturated carbocycles. The van der Waals surface area contributed by atoms with E-state index in [4.69, 9.17) is 0 Å². The highest BCUT2D eigenvalue weighted by Crippen LogP contribution is 2.22. The number of nitrogens with zero attached hydrogens (tertiary/aromatic N) is 1. The Morgan fingerprint density at radius 1 is 1.67 bits per heavy atom. The van der Waals surface area contributed by atoms with E-state index >= 15 is 0 Å². The number of aromatic nitrogens is 1. The summed E-state index contributed by atoms with van der Waals surface area (Å²) >= 11 is 2.59. The summed E-state index contributed by atoms with van der Waals surface area (Å²) in [6.45, 7) is 0. The fraction of sp³-hybridized carbons (Fsp3) is 0. The van der Waals surface area contributed by atoms with Crippen molar-refractivity contribution in [2.24, 2.45) is 0 Å². The third-order valence-electron chi connectivity index (χ3n) is 1.15. The standard InChI is InChI=1S/C5H2BrFN2O3/c6-3-2(7)1-8-5(10)4(3)9(11)12/h1H,(H,8,10). The van der Waals surface area contributed by atoms with Gasteiger partial charge in [-0.1, -0.05) is 0 Å². The zero-order valence-electron chi connectivity index (χ0n) is 5.51. The number of hydrogen-bond donors (Lipinski definition) is 1. The van der Waals surface area contributed by atoms with Gasteiger partial charge in [0.05, 0.1) is 4.92 Å². The first-order valence-electron chi connectivity index (χ1n) is 2.75. The van der Waals surface area contributed by atoms with Crippen molar-refractivity contribution in [3.8, 4) is 0 Å². The summed E-state index contributed by atoms with van der Waals surface area (Å²) in [6.07, 6.45) is 0.749. The van der Waals surface area contributed by atoms with E-state index in [1.165, 1.54) is 0 Å². The van der Waals surface area contributed by atoms with Gasteiger partial charge < -0.3 is 4.98 Å². The molecule has 0 spiro atoms. The van der Waals surface area contributed by atoms with Gasteiger partial charge in [0.25, 0.3) is 0 Å². The van der Waals surface area contributed by atoms with Crippen LogP contribution in [0.2, 0.25) is 0 Å². The first-order valence-corrected chi connectivity index (χ1v) is 3.54. The molecule has 64 valence electrons. The first kappa shape index (κ1) is 8.85. The molecular weight excluding hydrogens is 235 g/mol. The van der Waals surface area contributed by atoms with Gasteiger partial charge in [-0.05, 0) is 15.9 Å². The van der Waals surface area contributed by atoms with E-state index in [0.29, 0.717) is 0 Å². The monoisotopic (exact) mass is 236 g/mol. The molecule has 0 saturated heterocycles. The third kappa shape index (κ3) is 1.35. The van der Waals surface area contributed by atoms with Crippen LogP contribution in [-0.4, -0.2) is 9.91 Å². The number of hydrogen-bond acceptors (Lipinski definition) is 3. The fourth-order valence-electron chi connectivity index (χ4n) is 0.636. The van der Waals surface area contributed by atoms with Crippen LogP contribution >= 0.6 is 15.9 Å². The van der Waals surface area contributed by atoms with Crippen LogP contribution in [0, 0.1) is 15.9 Å². The summed E-state index contributed by atoms with van der Waals surface area (Å²) in [6, 6.07) is 0. The second kappa shape index (κ2) is 3.02. The van der Waals surface area contributed by atoms with Crippen molar-refractivity contribution in [2.75, 3.05) is 0 Å². The van der Waals surface area contributed by atoms with Gasteiger partial charge in [0.1, 0.15) is 4.47 Å². The SMILES string of the molecule is O=c1[nH]cc(F)c(Br)c1[N+](=O)[O-]. The van der Waals surface area contributed by atoms with Crippen molar-refractivity contribution in [1.82, 2.24) is 4.98 Å². The second-order valence-corrected chi connectivity index (χ2v) is 2.68. The van der Waals surface area contributed by atoms with Gasteiger partial charge in [0, 0.05) is 6.20 Å². The van der Waals surface area contributed by atoms with Crippen LogP contribution in [0.1, 0.15) is 0 Å². The van der Waals surface area contributed by atoms with E-state index in [9.17, 15) is 19.3 Å². The molecular formula is C5H2BrFN2O3. The molecule has 1 aromatic heterocycles. The topological polar surface area (TPSA) is 76.0 Å². The third-order valence-corrected chi connectivity index (χ3v) is 1.90. The van der Waals surface area contributed by atoms with Crippen molar-refractivity contribution < 1.29 is 9.31 Å². The lowest BCUT2D eigenvalue weighted by Crippen LogP contribution is -2.12. The van der Waals surface area contributed by atoms with Crippen LogP contribution in [0.4, 0.5) is 10.1 Å². The minimum Gasteiger partial charge on any atom is -0.320 e. The number of halogens is 2. The number of rotatable bonds is 1. The molecule has 0 amide bonds. The van der Waals surface area contributed by atoms with Crippen LogP contribution in [0.15, 0.2) is 15.5 Å². The van der Waals surface area contributed by atoms with Crippen LogP contribution in [0.25, 0.3) is 0 Å². The molecule has 1 rings (SSSR count). The molecule has 1 heterocycles. The quantitative estimate of drug-likeness (QED) is 0.588. The van der Waals surface area contributed by atoms with Crippen LogP contribution < -0.4 is 5.56 Å². The lowest BCUT2D eigenvalue weighted by atomic mass is 10.4. The Morgan fingerprint density at radius 3 is 2.67 bits per heavy atom. The van der Waals surface area contributed by atoms with Crippen LogP contribution in [0.3, 0.4) is 0 Å². The molecule has 0 fully saturated rings. The van der Waals surface area contributed by atoms with Gasteiger partial charge in [-0.25, -0.2) is 4.39 Å². The molecule has 12 heavy (non-hydrogen) atoms. The van der Waals surface area contributed by atoms with Gasteiger partial charge in [-0.15, -0.1) is 0 Å². The molecule has 0 aliphatic carbocycles. The number of pyridine rings is 1. The molecule has 7 heteroatoms. The summed E-state index contributed by atoms with van der Waals surface area (Å²) in [5.74, 6) is -0.874. The molecule has 1 N–H and O–H groups in total. The summed E-state index contributed by atoms with van der Waals surface area (Å²) in [5, 5.41) is 10.2. The molecule has 0 aliphatic heterocycles. The Labute approximate surface area is 73.5 Å². The zero-order chi connectivity index (χ0) is 9.30. The van der Waals surface area contributed by atoms with E-state index in [2.05, 4.69) is 15.9 Å². The van der Waals surface area contributed by atoms with Crippen molar-refractivity contribution in [1.29, 1.82) is 0 Å². The predicted molar refractivity (Wildman–Crippen MR) is 41.4 cm³/mol. The minimum atomic E-state index is -0.952. The van der Waals surface area contributed by atoms with E-state index in [0.717, 1.165) is 6.20 Å². The van der Waals surface area contributed by atoms with Gasteiger partial charge >= 0.3 is 11.2 Å². The van der Waals surface area contributed by atoms with E-state index in [-0.39, 0.29) is 0 Å². The lowest BCUT2D eigenvalue weighted by Gasteiger charge is -1.93. The maximum Gasteiger partial charge on any atom is 0.350 e. The predicted octanol–water partition coefficient (Wildman–Crippen LogP) is 1.18. The normalized spacial score (nSPS) is 9.83. The Morgan fingerprint density at radius 2 is 2.25 bits per heavy atom. The maximum absolute atomic E-state index is 12.6. The van der Waals surface area contributed by atoms with Gasteiger partial charge in [0.15, 0.2) is 5.82 Å². The molecule has 0 aromatic carbocycles. The zero-order valence-corrected chi connectivity index (χ0v) is 7.09. The minimum absolute atomic E-state index is 0.434. The molecule has 0 unspecified atom stereocenters. The van der Waals surface area contributed by atoms with Gasteiger partial charge in [-0.2, -0.15) is 0 Å². The number of H-pyrrole nitrogens is 1. The molecule has 1 aromatic rings. The number of nitrogens with one attached hydrogen (secondary N) is 1. The van der Waals surface area contributed by atoms with E-state index in [1.807, 2.05) is 4.98 Å². The Kier molecular flexibility index (Phi) is 2.22. The summed E-state index contributed by atoms with van der Waals surface area (Å²) < 4.78 is 12.2. The largest absolute Gasteiger partial charge is 0.350 e. The average Bonchev–Trinajstić information content (AvgIpc) is 1.97. The van der Waals surface area contributed by atoms with Gasteiger partial charge in [-0.3, -0.25) is 14.9 Å². The highest BCUT2D eigenvalue weighted by atomic mass is 79.9. The maximum atomic E-state index is 12.6. The van der Waals surface area contributed by atoms with Crippen molar-refractivity contribution in [2.45, 2.75) is 0 Å². The highest BCUT2D eigenvalue weighted by Gasteiger charge is 2.20. The molecule has 0 bridgehead atoms. The number of nitro groups is 1. The Hall–Kier alpha value is -1.24. The average molecular weight is 237 g/mol. The Bertz CT molecular complexity index is 389. The molecule has 5 nitrogen and oxygen atoms in total. The van der Waals surface area contributed by atoms with E-state index in [1.54, 1.807) is 0 Å². The van der Waals surface area contributed by atoms with Crippen molar-refractivity contribution >= 4 is 21.6 Å². The summed E-state index contributed by atoms with van der Waals surface area (Å²) in [4.78, 5) is 21.9. The molecule has 0 atom stereocenters. The molecule has 0 aliphatic rings. The van der Waals surface area contributed by atoms with Crippen LogP contribution in [0.5, 0.6) is 0 Å². The number of aromatic amines is 1. The smallest absolute Gasteiger partial charge is 0.320 e. The molecule has 0 radical (unpaired) electrons. The van der Waals surface area contributed by atoms with E-state index < -0.39 is 26.5 Å². The van der Waals surface area contributed by atoms with Crippen molar-refractivity contribution in [3.63, 3.8) is 0 Å². The fourth-order valence-corrected chi connectivity index (χ4v) is 1.08. The summed E-state index contributed by atoms with van der Waals surface area (Å²) in [5.41, 5.74) is -1.76. The highest BCUT2D eigenvalue weighted by molar-refractivity contribution is 9.10.